The highest BCUT2D eigenvalue weighted by atomic mass is 79.9. The first-order chi connectivity index (χ1) is 5.29. The molecule has 0 bridgehead atoms. The molecular formula is C6H7BrN3P. The molecule has 0 aliphatic carbocycles. The fourth-order valence-electron chi connectivity index (χ4n) is 1.18. The van der Waals surface area contributed by atoms with Crippen molar-refractivity contribution in [2.45, 2.75) is 6.42 Å². The molecule has 1 atom stereocenters. The van der Waals surface area contributed by atoms with Crippen LogP contribution in [0.15, 0.2) is 10.9 Å². The lowest BCUT2D eigenvalue weighted by Crippen LogP contribution is -2.04. The zero-order valence-corrected chi connectivity index (χ0v) is 8.53. The predicted octanol–water partition coefficient (Wildman–Crippen LogP) is 1.39. The summed E-state index contributed by atoms with van der Waals surface area (Å²) in [7, 11) is 2.65. The van der Waals surface area contributed by atoms with Gasteiger partial charge in [0.05, 0.1) is 0 Å². The van der Waals surface area contributed by atoms with Crippen LogP contribution in [0.25, 0.3) is 0 Å². The molecule has 0 saturated carbocycles. The lowest BCUT2D eigenvalue weighted by molar-refractivity contribution is 1.04. The molecule has 1 aromatic rings. The van der Waals surface area contributed by atoms with E-state index in [1.54, 1.807) is 6.33 Å². The molecule has 0 saturated heterocycles. The van der Waals surface area contributed by atoms with Crippen molar-refractivity contribution in [2.24, 2.45) is 0 Å². The van der Waals surface area contributed by atoms with Crippen LogP contribution in [0.1, 0.15) is 5.56 Å². The molecule has 0 spiro atoms. The van der Waals surface area contributed by atoms with Gasteiger partial charge in [-0.1, -0.05) is 0 Å². The van der Waals surface area contributed by atoms with E-state index in [-0.39, 0.29) is 0 Å². The SMILES string of the molecule is PN1CCc2c(Br)ncnc21. The Morgan fingerprint density at radius 1 is 1.55 bits per heavy atom. The van der Waals surface area contributed by atoms with Crippen LogP contribution in [-0.4, -0.2) is 16.5 Å². The molecule has 0 radical (unpaired) electrons. The minimum Gasteiger partial charge on any atom is -0.341 e. The van der Waals surface area contributed by atoms with Gasteiger partial charge in [-0.2, -0.15) is 0 Å². The van der Waals surface area contributed by atoms with E-state index in [0.717, 1.165) is 23.4 Å². The summed E-state index contributed by atoms with van der Waals surface area (Å²) in [5, 5.41) is 0. The second-order valence-corrected chi connectivity index (χ2v) is 3.78. The molecule has 11 heavy (non-hydrogen) atoms. The molecule has 0 amide bonds. The van der Waals surface area contributed by atoms with Gasteiger partial charge in [0.1, 0.15) is 16.7 Å². The van der Waals surface area contributed by atoms with Crippen LogP contribution < -0.4 is 4.67 Å². The van der Waals surface area contributed by atoms with E-state index >= 15 is 0 Å². The molecule has 2 rings (SSSR count). The van der Waals surface area contributed by atoms with E-state index in [9.17, 15) is 0 Å². The maximum Gasteiger partial charge on any atom is 0.139 e. The zero-order chi connectivity index (χ0) is 7.84. The van der Waals surface area contributed by atoms with E-state index in [2.05, 4.69) is 40.0 Å². The van der Waals surface area contributed by atoms with Crippen LogP contribution in [0, 0.1) is 0 Å². The van der Waals surface area contributed by atoms with E-state index < -0.39 is 0 Å². The van der Waals surface area contributed by atoms with E-state index in [0.29, 0.717) is 0 Å². The molecular weight excluding hydrogens is 225 g/mol. The van der Waals surface area contributed by atoms with Crippen molar-refractivity contribution in [3.05, 3.63) is 16.5 Å². The van der Waals surface area contributed by atoms with Gasteiger partial charge < -0.3 is 4.67 Å². The van der Waals surface area contributed by atoms with Crippen LogP contribution in [0.5, 0.6) is 0 Å². The largest absolute Gasteiger partial charge is 0.341 e. The molecule has 1 aliphatic heterocycles. The molecule has 58 valence electrons. The zero-order valence-electron chi connectivity index (χ0n) is 5.79. The number of hydrogen-bond acceptors (Lipinski definition) is 3. The average molecular weight is 232 g/mol. The van der Waals surface area contributed by atoms with E-state index in [4.69, 9.17) is 0 Å². The Bertz CT molecular complexity index is 291. The number of anilines is 1. The van der Waals surface area contributed by atoms with Crippen molar-refractivity contribution in [2.75, 3.05) is 11.2 Å². The number of halogens is 1. The lowest BCUT2D eigenvalue weighted by atomic mass is 10.3. The van der Waals surface area contributed by atoms with Gasteiger partial charge in [0.2, 0.25) is 0 Å². The van der Waals surface area contributed by atoms with Gasteiger partial charge in [-0.25, -0.2) is 9.97 Å². The van der Waals surface area contributed by atoms with Gasteiger partial charge in [-0.15, -0.1) is 0 Å². The number of fused-ring (bicyclic) bond motifs is 1. The highest BCUT2D eigenvalue weighted by Crippen LogP contribution is 2.31. The Labute approximate surface area is 75.6 Å². The van der Waals surface area contributed by atoms with Crippen LogP contribution in [0.4, 0.5) is 5.82 Å². The fraction of sp³-hybridized carbons (Fsp3) is 0.333. The third kappa shape index (κ3) is 1.14. The van der Waals surface area contributed by atoms with Crippen molar-refractivity contribution < 1.29 is 0 Å². The van der Waals surface area contributed by atoms with Crippen molar-refractivity contribution in [1.82, 2.24) is 9.97 Å². The first kappa shape index (κ1) is 7.44. The second kappa shape index (κ2) is 2.68. The van der Waals surface area contributed by atoms with Crippen LogP contribution >= 0.6 is 25.3 Å². The molecule has 1 unspecified atom stereocenters. The first-order valence-electron chi connectivity index (χ1n) is 3.30. The second-order valence-electron chi connectivity index (χ2n) is 2.41. The Morgan fingerprint density at radius 2 is 2.36 bits per heavy atom. The summed E-state index contributed by atoms with van der Waals surface area (Å²) in [6, 6.07) is 0. The molecule has 1 aliphatic rings. The Hall–Kier alpha value is -0.210. The Balaban J connectivity index is 2.57. The van der Waals surface area contributed by atoms with Gasteiger partial charge in [-0.3, -0.25) is 0 Å². The van der Waals surface area contributed by atoms with Gasteiger partial charge in [0, 0.05) is 12.1 Å². The van der Waals surface area contributed by atoms with Crippen LogP contribution in [-0.2, 0) is 6.42 Å². The maximum atomic E-state index is 4.17. The van der Waals surface area contributed by atoms with E-state index in [1.165, 1.54) is 5.56 Å². The van der Waals surface area contributed by atoms with E-state index in [1.807, 2.05) is 0 Å². The lowest BCUT2D eigenvalue weighted by Gasteiger charge is -2.08. The summed E-state index contributed by atoms with van der Waals surface area (Å²) >= 11 is 3.39. The summed E-state index contributed by atoms with van der Waals surface area (Å²) in [5.41, 5.74) is 1.21. The number of rotatable bonds is 0. The van der Waals surface area contributed by atoms with Crippen molar-refractivity contribution in [3.63, 3.8) is 0 Å². The summed E-state index contributed by atoms with van der Waals surface area (Å²) < 4.78 is 2.98. The van der Waals surface area contributed by atoms with Gasteiger partial charge in [0.15, 0.2) is 0 Å². The third-order valence-electron chi connectivity index (χ3n) is 1.74. The van der Waals surface area contributed by atoms with Crippen LogP contribution in [0.3, 0.4) is 0 Å². The molecule has 1 aromatic heterocycles. The van der Waals surface area contributed by atoms with Gasteiger partial charge in [0.25, 0.3) is 0 Å². The topological polar surface area (TPSA) is 29.0 Å². The number of nitrogens with zero attached hydrogens (tertiary/aromatic N) is 3. The maximum absolute atomic E-state index is 4.17. The Morgan fingerprint density at radius 3 is 3.09 bits per heavy atom. The summed E-state index contributed by atoms with van der Waals surface area (Å²) in [6.45, 7) is 1.01. The van der Waals surface area contributed by atoms with Crippen LogP contribution in [0.2, 0.25) is 0 Å². The molecule has 5 heteroatoms. The van der Waals surface area contributed by atoms with Crippen molar-refractivity contribution in [1.29, 1.82) is 0 Å². The highest BCUT2D eigenvalue weighted by molar-refractivity contribution is 9.10. The monoisotopic (exact) mass is 231 g/mol. The van der Waals surface area contributed by atoms with Gasteiger partial charge >= 0.3 is 0 Å². The third-order valence-corrected chi connectivity index (χ3v) is 2.93. The molecule has 0 aromatic carbocycles. The number of aromatic nitrogens is 2. The quantitative estimate of drug-likeness (QED) is 0.500. The normalized spacial score (nSPS) is 15.3. The summed E-state index contributed by atoms with van der Waals surface area (Å²) in [6.07, 6.45) is 2.60. The standard InChI is InChI=1S/C6H7BrN3P/c7-5-4-1-2-10(11)6(4)9-3-8-5/h3H,1-2,11H2. The van der Waals surface area contributed by atoms with Crippen molar-refractivity contribution >= 4 is 31.1 Å². The molecule has 0 N–H and O–H groups in total. The minimum atomic E-state index is 0.924. The summed E-state index contributed by atoms with van der Waals surface area (Å²) in [4.78, 5) is 8.22. The smallest absolute Gasteiger partial charge is 0.139 e. The Kier molecular flexibility index (Phi) is 1.81. The molecule has 3 nitrogen and oxygen atoms in total. The number of hydrogen-bond donors (Lipinski definition) is 0. The highest BCUT2D eigenvalue weighted by Gasteiger charge is 2.19. The summed E-state index contributed by atoms with van der Waals surface area (Å²) in [5.74, 6) is 1.02. The fourth-order valence-corrected chi connectivity index (χ4v) is 2.00. The van der Waals surface area contributed by atoms with Crippen molar-refractivity contribution in [3.8, 4) is 0 Å². The van der Waals surface area contributed by atoms with Gasteiger partial charge in [-0.05, 0) is 31.7 Å². The first-order valence-corrected chi connectivity index (χ1v) is 4.61. The predicted molar refractivity (Wildman–Crippen MR) is 50.5 cm³/mol. The average Bonchev–Trinajstić information content (AvgIpc) is 2.35. The minimum absolute atomic E-state index is 0.924. The molecule has 0 fully saturated rings. The molecule has 2 heterocycles.